The number of carbonyl (C=O) groups is 1. The normalized spacial score (nSPS) is 16.7. The largest absolute Gasteiger partial charge is 0.354 e. The smallest absolute Gasteiger partial charge is 0.237 e. The van der Waals surface area contributed by atoms with Gasteiger partial charge in [-0.1, -0.05) is 30.7 Å². The summed E-state index contributed by atoms with van der Waals surface area (Å²) >= 11 is 0. The first-order valence-electron chi connectivity index (χ1n) is 7.88. The number of likely N-dealkylation sites (N-methyl/N-ethyl adjacent to an activating group) is 1. The van der Waals surface area contributed by atoms with E-state index in [9.17, 15) is 4.79 Å². The van der Waals surface area contributed by atoms with Crippen LogP contribution in [0.1, 0.15) is 52.9 Å². The molecule has 0 fully saturated rings. The standard InChI is InChI=1S/C17H30N2O/c1-5-19(13-14(2)3)15(4)17(20)18-12-11-16-9-7-6-8-10-16/h9,15H,2,5-8,10-13H2,1,3-4H3,(H,18,20). The van der Waals surface area contributed by atoms with Crippen molar-refractivity contribution in [1.82, 2.24) is 10.2 Å². The molecule has 0 radical (unpaired) electrons. The first-order chi connectivity index (χ1) is 9.54. The van der Waals surface area contributed by atoms with Crippen LogP contribution in [0.3, 0.4) is 0 Å². The van der Waals surface area contributed by atoms with Gasteiger partial charge >= 0.3 is 0 Å². The zero-order valence-corrected chi connectivity index (χ0v) is 13.4. The van der Waals surface area contributed by atoms with E-state index >= 15 is 0 Å². The number of carbonyl (C=O) groups excluding carboxylic acids is 1. The molecule has 1 N–H and O–H groups in total. The fraction of sp³-hybridized carbons (Fsp3) is 0.706. The minimum Gasteiger partial charge on any atom is -0.354 e. The van der Waals surface area contributed by atoms with Crippen LogP contribution in [0.5, 0.6) is 0 Å². The molecule has 0 bridgehead atoms. The Morgan fingerprint density at radius 1 is 1.50 bits per heavy atom. The van der Waals surface area contributed by atoms with Crippen molar-refractivity contribution in [2.45, 2.75) is 58.9 Å². The maximum atomic E-state index is 12.2. The van der Waals surface area contributed by atoms with Crippen LogP contribution in [0.2, 0.25) is 0 Å². The first-order valence-corrected chi connectivity index (χ1v) is 7.88. The Morgan fingerprint density at radius 2 is 2.25 bits per heavy atom. The van der Waals surface area contributed by atoms with E-state index in [2.05, 4.69) is 29.8 Å². The van der Waals surface area contributed by atoms with Crippen molar-refractivity contribution in [3.63, 3.8) is 0 Å². The highest BCUT2D eigenvalue weighted by Crippen LogP contribution is 2.19. The molecule has 0 aliphatic heterocycles. The predicted molar refractivity (Wildman–Crippen MR) is 85.7 cm³/mol. The van der Waals surface area contributed by atoms with Crippen LogP contribution in [0.25, 0.3) is 0 Å². The molecule has 3 heteroatoms. The van der Waals surface area contributed by atoms with Crippen molar-refractivity contribution < 1.29 is 4.79 Å². The van der Waals surface area contributed by atoms with E-state index in [1.165, 1.54) is 31.3 Å². The molecule has 1 unspecified atom stereocenters. The van der Waals surface area contributed by atoms with E-state index < -0.39 is 0 Å². The first kappa shape index (κ1) is 17.0. The van der Waals surface area contributed by atoms with Gasteiger partial charge in [-0.05, 0) is 52.5 Å². The Labute approximate surface area is 124 Å². The summed E-state index contributed by atoms with van der Waals surface area (Å²) in [5.41, 5.74) is 2.61. The van der Waals surface area contributed by atoms with Crippen molar-refractivity contribution in [3.05, 3.63) is 23.8 Å². The Balaban J connectivity index is 2.33. The van der Waals surface area contributed by atoms with Crippen molar-refractivity contribution in [1.29, 1.82) is 0 Å². The average Bonchev–Trinajstić information content (AvgIpc) is 2.44. The number of nitrogens with zero attached hydrogens (tertiary/aromatic N) is 1. The van der Waals surface area contributed by atoms with Gasteiger partial charge in [0.25, 0.3) is 0 Å². The van der Waals surface area contributed by atoms with Crippen LogP contribution in [-0.4, -0.2) is 36.5 Å². The highest BCUT2D eigenvalue weighted by atomic mass is 16.2. The molecule has 20 heavy (non-hydrogen) atoms. The van der Waals surface area contributed by atoms with Gasteiger partial charge < -0.3 is 5.32 Å². The van der Waals surface area contributed by atoms with E-state index in [1.807, 2.05) is 13.8 Å². The quantitative estimate of drug-likeness (QED) is 0.691. The number of amides is 1. The lowest BCUT2D eigenvalue weighted by Gasteiger charge is -2.27. The summed E-state index contributed by atoms with van der Waals surface area (Å²) in [5, 5.41) is 3.07. The van der Waals surface area contributed by atoms with Crippen LogP contribution < -0.4 is 5.32 Å². The highest BCUT2D eigenvalue weighted by Gasteiger charge is 2.19. The SMILES string of the molecule is C=C(C)CN(CC)C(C)C(=O)NCCC1=CCCCC1. The van der Waals surface area contributed by atoms with Gasteiger partial charge in [-0.25, -0.2) is 0 Å². The molecular weight excluding hydrogens is 248 g/mol. The van der Waals surface area contributed by atoms with Gasteiger partial charge in [-0.2, -0.15) is 0 Å². The molecule has 0 heterocycles. The third-order valence-electron chi connectivity index (χ3n) is 3.94. The third kappa shape index (κ3) is 5.91. The lowest BCUT2D eigenvalue weighted by molar-refractivity contribution is -0.125. The second-order valence-electron chi connectivity index (χ2n) is 5.85. The summed E-state index contributed by atoms with van der Waals surface area (Å²) < 4.78 is 0. The molecule has 0 aromatic rings. The van der Waals surface area contributed by atoms with Crippen LogP contribution in [0.4, 0.5) is 0 Å². The van der Waals surface area contributed by atoms with Crippen LogP contribution in [-0.2, 0) is 4.79 Å². The van der Waals surface area contributed by atoms with Gasteiger partial charge in [-0.3, -0.25) is 9.69 Å². The fourth-order valence-corrected chi connectivity index (χ4v) is 2.66. The molecule has 1 rings (SSSR count). The van der Waals surface area contributed by atoms with Gasteiger partial charge in [-0.15, -0.1) is 0 Å². The van der Waals surface area contributed by atoms with Gasteiger partial charge in [0.15, 0.2) is 0 Å². The molecule has 0 saturated heterocycles. The number of hydrogen-bond donors (Lipinski definition) is 1. The summed E-state index contributed by atoms with van der Waals surface area (Å²) in [4.78, 5) is 14.3. The van der Waals surface area contributed by atoms with Crippen molar-refractivity contribution in [2.75, 3.05) is 19.6 Å². The summed E-state index contributed by atoms with van der Waals surface area (Å²) in [6, 6.07) is -0.0861. The minimum atomic E-state index is -0.0861. The zero-order valence-electron chi connectivity index (χ0n) is 13.4. The Morgan fingerprint density at radius 3 is 2.80 bits per heavy atom. The third-order valence-corrected chi connectivity index (χ3v) is 3.94. The molecule has 3 nitrogen and oxygen atoms in total. The predicted octanol–water partition coefficient (Wildman–Crippen LogP) is 3.28. The maximum absolute atomic E-state index is 12.2. The highest BCUT2D eigenvalue weighted by molar-refractivity contribution is 5.81. The molecule has 1 aliphatic carbocycles. The molecule has 0 aromatic heterocycles. The molecule has 0 aromatic carbocycles. The molecule has 0 saturated carbocycles. The molecule has 114 valence electrons. The van der Waals surface area contributed by atoms with E-state index in [-0.39, 0.29) is 11.9 Å². The van der Waals surface area contributed by atoms with E-state index in [0.29, 0.717) is 0 Å². The van der Waals surface area contributed by atoms with E-state index in [4.69, 9.17) is 0 Å². The summed E-state index contributed by atoms with van der Waals surface area (Å²) in [6.07, 6.45) is 8.39. The second-order valence-corrected chi connectivity index (χ2v) is 5.85. The Hall–Kier alpha value is -1.09. The number of hydrogen-bond acceptors (Lipinski definition) is 2. The van der Waals surface area contributed by atoms with E-state index in [0.717, 1.165) is 31.6 Å². The zero-order chi connectivity index (χ0) is 15.0. The van der Waals surface area contributed by atoms with Crippen LogP contribution in [0, 0.1) is 0 Å². The molecular formula is C17H30N2O. The molecule has 1 amide bonds. The second kappa shape index (κ2) is 8.96. The lowest BCUT2D eigenvalue weighted by Crippen LogP contribution is -2.45. The van der Waals surface area contributed by atoms with Crippen molar-refractivity contribution in [2.24, 2.45) is 0 Å². The molecule has 1 aliphatic rings. The van der Waals surface area contributed by atoms with Crippen molar-refractivity contribution in [3.8, 4) is 0 Å². The lowest BCUT2D eigenvalue weighted by atomic mass is 9.97. The van der Waals surface area contributed by atoms with Crippen molar-refractivity contribution >= 4 is 5.91 Å². The number of nitrogens with one attached hydrogen (secondary N) is 1. The van der Waals surface area contributed by atoms with Gasteiger partial charge in [0.1, 0.15) is 0 Å². The fourth-order valence-electron chi connectivity index (χ4n) is 2.66. The maximum Gasteiger partial charge on any atom is 0.237 e. The average molecular weight is 278 g/mol. The summed E-state index contributed by atoms with van der Waals surface area (Å²) in [7, 11) is 0. The van der Waals surface area contributed by atoms with Gasteiger partial charge in [0.2, 0.25) is 5.91 Å². The Bertz CT molecular complexity index is 360. The van der Waals surface area contributed by atoms with Crippen LogP contribution in [0.15, 0.2) is 23.8 Å². The summed E-state index contributed by atoms with van der Waals surface area (Å²) in [5.74, 6) is 0.129. The molecule has 0 spiro atoms. The topological polar surface area (TPSA) is 32.3 Å². The van der Waals surface area contributed by atoms with Gasteiger partial charge in [0, 0.05) is 13.1 Å². The number of allylic oxidation sites excluding steroid dienone is 1. The summed E-state index contributed by atoms with van der Waals surface area (Å²) in [6.45, 7) is 12.4. The van der Waals surface area contributed by atoms with Crippen LogP contribution >= 0.6 is 0 Å². The minimum absolute atomic E-state index is 0.0861. The molecule has 1 atom stereocenters. The van der Waals surface area contributed by atoms with Gasteiger partial charge in [0.05, 0.1) is 6.04 Å². The monoisotopic (exact) mass is 278 g/mol. The van der Waals surface area contributed by atoms with E-state index in [1.54, 1.807) is 0 Å². The number of rotatable bonds is 8. The Kier molecular flexibility index (Phi) is 7.60.